The summed E-state index contributed by atoms with van der Waals surface area (Å²) in [5, 5.41) is 0. The van der Waals surface area contributed by atoms with Crippen molar-refractivity contribution in [3.05, 3.63) is 18.2 Å². The summed E-state index contributed by atoms with van der Waals surface area (Å²) in [6.45, 7) is 3.01. The van der Waals surface area contributed by atoms with E-state index in [9.17, 15) is 18.0 Å². The SMILES string of the molecule is CCOC(=O)C1CCN(C(=O)CCNS(=O)(=O)c2ccc(OC)c(OC)c2)CC1. The normalized spacial score (nSPS) is 15.1. The summed E-state index contributed by atoms with van der Waals surface area (Å²) in [4.78, 5) is 25.8. The number of esters is 1. The molecule has 0 bridgehead atoms. The Morgan fingerprint density at radius 1 is 1.14 bits per heavy atom. The van der Waals surface area contributed by atoms with Crippen LogP contribution in [0.4, 0.5) is 0 Å². The van der Waals surface area contributed by atoms with Gasteiger partial charge in [-0.1, -0.05) is 0 Å². The van der Waals surface area contributed by atoms with Crippen molar-refractivity contribution in [2.24, 2.45) is 5.92 Å². The number of hydrogen-bond donors (Lipinski definition) is 1. The van der Waals surface area contributed by atoms with Crippen LogP contribution in [0.2, 0.25) is 0 Å². The van der Waals surface area contributed by atoms with E-state index in [2.05, 4.69) is 4.72 Å². The predicted molar refractivity (Wildman–Crippen MR) is 105 cm³/mol. The van der Waals surface area contributed by atoms with E-state index < -0.39 is 10.0 Å². The number of carbonyl (C=O) groups is 2. The van der Waals surface area contributed by atoms with Crippen molar-refractivity contribution < 1.29 is 32.2 Å². The van der Waals surface area contributed by atoms with E-state index in [0.717, 1.165) is 0 Å². The highest BCUT2D eigenvalue weighted by Gasteiger charge is 2.28. The van der Waals surface area contributed by atoms with Gasteiger partial charge in [0.2, 0.25) is 15.9 Å². The van der Waals surface area contributed by atoms with Crippen molar-refractivity contribution in [3.8, 4) is 11.5 Å². The minimum atomic E-state index is -3.79. The number of rotatable bonds is 9. The van der Waals surface area contributed by atoms with Crippen molar-refractivity contribution in [2.75, 3.05) is 40.5 Å². The molecule has 1 saturated heterocycles. The summed E-state index contributed by atoms with van der Waals surface area (Å²) < 4.78 is 42.6. The van der Waals surface area contributed by atoms with Crippen LogP contribution in [0.25, 0.3) is 0 Å². The Morgan fingerprint density at radius 3 is 2.38 bits per heavy atom. The number of nitrogens with one attached hydrogen (secondary N) is 1. The van der Waals surface area contributed by atoms with Crippen LogP contribution in [0.5, 0.6) is 11.5 Å². The second-order valence-electron chi connectivity index (χ2n) is 6.57. The number of ether oxygens (including phenoxy) is 3. The van der Waals surface area contributed by atoms with E-state index in [4.69, 9.17) is 14.2 Å². The highest BCUT2D eigenvalue weighted by Crippen LogP contribution is 2.29. The summed E-state index contributed by atoms with van der Waals surface area (Å²) in [6.07, 6.45) is 1.15. The molecule has 0 atom stereocenters. The van der Waals surface area contributed by atoms with Crippen molar-refractivity contribution in [2.45, 2.75) is 31.1 Å². The molecule has 29 heavy (non-hydrogen) atoms. The standard InChI is InChI=1S/C19H28N2O7S/c1-4-28-19(23)14-8-11-21(12-9-14)18(22)7-10-20-29(24,25)15-5-6-16(26-2)17(13-15)27-3/h5-6,13-14,20H,4,7-12H2,1-3H3. The van der Waals surface area contributed by atoms with Crippen LogP contribution < -0.4 is 14.2 Å². The fraction of sp³-hybridized carbons (Fsp3) is 0.579. The number of hydrogen-bond acceptors (Lipinski definition) is 7. The van der Waals surface area contributed by atoms with Crippen molar-refractivity contribution in [1.82, 2.24) is 9.62 Å². The molecule has 162 valence electrons. The van der Waals surface area contributed by atoms with Gasteiger partial charge >= 0.3 is 5.97 Å². The van der Waals surface area contributed by atoms with Crippen LogP contribution in [0.3, 0.4) is 0 Å². The summed E-state index contributed by atoms with van der Waals surface area (Å²) in [7, 11) is -0.902. The molecule has 1 N–H and O–H groups in total. The third-order valence-electron chi connectivity index (χ3n) is 4.76. The molecule has 0 saturated carbocycles. The average Bonchev–Trinajstić information content (AvgIpc) is 2.73. The minimum absolute atomic E-state index is 0.0205. The van der Waals surface area contributed by atoms with Crippen LogP contribution in [0.15, 0.2) is 23.1 Å². The lowest BCUT2D eigenvalue weighted by Gasteiger charge is -2.31. The minimum Gasteiger partial charge on any atom is -0.493 e. The van der Waals surface area contributed by atoms with E-state index in [1.54, 1.807) is 11.8 Å². The molecular weight excluding hydrogens is 400 g/mol. The number of carbonyl (C=O) groups excluding carboxylic acids is 2. The summed E-state index contributed by atoms with van der Waals surface area (Å²) in [6, 6.07) is 4.28. The van der Waals surface area contributed by atoms with E-state index in [1.165, 1.54) is 32.4 Å². The molecular formula is C19H28N2O7S. The van der Waals surface area contributed by atoms with Gasteiger partial charge in [0.15, 0.2) is 11.5 Å². The van der Waals surface area contributed by atoms with E-state index >= 15 is 0 Å². The largest absolute Gasteiger partial charge is 0.493 e. The molecule has 1 fully saturated rings. The van der Waals surface area contributed by atoms with Gasteiger partial charge in [-0.2, -0.15) is 0 Å². The van der Waals surface area contributed by atoms with Gasteiger partial charge in [0.05, 0.1) is 31.6 Å². The van der Waals surface area contributed by atoms with Crippen LogP contribution in [-0.4, -0.2) is 65.7 Å². The van der Waals surface area contributed by atoms with E-state index in [0.29, 0.717) is 44.0 Å². The van der Waals surface area contributed by atoms with Gasteiger partial charge in [0, 0.05) is 32.1 Å². The van der Waals surface area contributed by atoms with Crippen LogP contribution >= 0.6 is 0 Å². The van der Waals surface area contributed by atoms with Crippen LogP contribution in [0.1, 0.15) is 26.2 Å². The first-order valence-corrected chi connectivity index (χ1v) is 11.0. The Hall–Kier alpha value is -2.33. The summed E-state index contributed by atoms with van der Waals surface area (Å²) >= 11 is 0. The Balaban J connectivity index is 1.85. The molecule has 0 aliphatic carbocycles. The lowest BCUT2D eigenvalue weighted by molar-refractivity contribution is -0.151. The van der Waals surface area contributed by atoms with Crippen molar-refractivity contribution in [3.63, 3.8) is 0 Å². The molecule has 1 aliphatic heterocycles. The first-order valence-electron chi connectivity index (χ1n) is 9.48. The third kappa shape index (κ3) is 6.07. The average molecular weight is 429 g/mol. The topological polar surface area (TPSA) is 111 Å². The molecule has 0 unspecified atom stereocenters. The van der Waals surface area contributed by atoms with Crippen LogP contribution in [0, 0.1) is 5.92 Å². The number of benzene rings is 1. The fourth-order valence-corrected chi connectivity index (χ4v) is 4.19. The molecule has 1 heterocycles. The Kier molecular flexibility index (Phi) is 8.27. The van der Waals surface area contributed by atoms with Crippen molar-refractivity contribution >= 4 is 21.9 Å². The fourth-order valence-electron chi connectivity index (χ4n) is 3.14. The molecule has 1 aliphatic rings. The summed E-state index contributed by atoms with van der Waals surface area (Å²) in [5.74, 6) is 0.177. The quantitative estimate of drug-likeness (QED) is 0.588. The lowest BCUT2D eigenvalue weighted by atomic mass is 9.97. The van der Waals surface area contributed by atoms with Crippen LogP contribution in [-0.2, 0) is 24.3 Å². The molecule has 0 spiro atoms. The number of nitrogens with zero attached hydrogens (tertiary/aromatic N) is 1. The van der Waals surface area contributed by atoms with Gasteiger partial charge in [-0.15, -0.1) is 0 Å². The molecule has 0 radical (unpaired) electrons. The maximum absolute atomic E-state index is 12.5. The van der Waals surface area contributed by atoms with Crippen molar-refractivity contribution in [1.29, 1.82) is 0 Å². The Labute approximate surface area is 171 Å². The van der Waals surface area contributed by atoms with E-state index in [1.807, 2.05) is 0 Å². The Bertz CT molecular complexity index is 818. The molecule has 1 aromatic rings. The third-order valence-corrected chi connectivity index (χ3v) is 6.22. The highest BCUT2D eigenvalue weighted by atomic mass is 32.2. The molecule has 1 aromatic carbocycles. The highest BCUT2D eigenvalue weighted by molar-refractivity contribution is 7.89. The van der Waals surface area contributed by atoms with Gasteiger partial charge in [0.25, 0.3) is 0 Å². The van der Waals surface area contributed by atoms with E-state index in [-0.39, 0.29) is 35.7 Å². The number of methoxy groups -OCH3 is 2. The molecule has 2 rings (SSSR count). The maximum atomic E-state index is 12.5. The van der Waals surface area contributed by atoms with Gasteiger partial charge in [-0.25, -0.2) is 13.1 Å². The first-order chi connectivity index (χ1) is 13.8. The first kappa shape index (κ1) is 23.0. The van der Waals surface area contributed by atoms with Gasteiger partial charge in [0.1, 0.15) is 0 Å². The lowest BCUT2D eigenvalue weighted by Crippen LogP contribution is -2.41. The molecule has 0 aromatic heterocycles. The maximum Gasteiger partial charge on any atom is 0.309 e. The monoisotopic (exact) mass is 428 g/mol. The van der Waals surface area contributed by atoms with Gasteiger partial charge < -0.3 is 19.1 Å². The number of sulfonamides is 1. The van der Waals surface area contributed by atoms with Gasteiger partial charge in [-0.3, -0.25) is 9.59 Å². The number of amides is 1. The molecule has 10 heteroatoms. The molecule has 1 amide bonds. The number of likely N-dealkylation sites (tertiary alicyclic amines) is 1. The zero-order valence-electron chi connectivity index (χ0n) is 17.0. The number of piperidine rings is 1. The molecule has 9 nitrogen and oxygen atoms in total. The predicted octanol–water partition coefficient (Wildman–Crippen LogP) is 1.17. The summed E-state index contributed by atoms with van der Waals surface area (Å²) in [5.41, 5.74) is 0. The second-order valence-corrected chi connectivity index (χ2v) is 8.34. The zero-order chi connectivity index (χ0) is 21.4. The smallest absolute Gasteiger partial charge is 0.309 e. The second kappa shape index (κ2) is 10.4. The van der Waals surface area contributed by atoms with Gasteiger partial charge in [-0.05, 0) is 31.9 Å². The zero-order valence-corrected chi connectivity index (χ0v) is 17.8. The Morgan fingerprint density at radius 2 is 1.79 bits per heavy atom.